The van der Waals surface area contributed by atoms with Crippen LogP contribution in [0.5, 0.6) is 0 Å². The molecule has 0 bridgehead atoms. The maximum Gasteiger partial charge on any atom is 0.263 e. The lowest BCUT2D eigenvalue weighted by atomic mass is 10.3. The van der Waals surface area contributed by atoms with E-state index in [-0.39, 0.29) is 6.61 Å². The van der Waals surface area contributed by atoms with E-state index in [0.29, 0.717) is 29.5 Å². The number of hydrogen-bond donors (Lipinski definition) is 3. The lowest BCUT2D eigenvalue weighted by molar-refractivity contribution is 0.293. The number of nitrogens with one attached hydrogen (secondary N) is 1. The third-order valence-corrected chi connectivity index (χ3v) is 1.70. The number of aromatic nitrogens is 4. The van der Waals surface area contributed by atoms with E-state index < -0.39 is 0 Å². The SMILES string of the molecule is Nc1[nH]ncc1-c1nc(CCO)no1. The molecule has 7 nitrogen and oxygen atoms in total. The molecule has 0 amide bonds. The zero-order valence-electron chi connectivity index (χ0n) is 7.27. The Morgan fingerprint density at radius 2 is 2.43 bits per heavy atom. The van der Waals surface area contributed by atoms with Gasteiger partial charge in [-0.15, -0.1) is 0 Å². The summed E-state index contributed by atoms with van der Waals surface area (Å²) in [5, 5.41) is 18.6. The molecule has 0 aliphatic rings. The van der Waals surface area contributed by atoms with Crippen LogP contribution in [0.25, 0.3) is 11.5 Å². The molecule has 2 heterocycles. The van der Waals surface area contributed by atoms with Crippen LogP contribution >= 0.6 is 0 Å². The summed E-state index contributed by atoms with van der Waals surface area (Å²) >= 11 is 0. The molecule has 74 valence electrons. The van der Waals surface area contributed by atoms with E-state index in [1.54, 1.807) is 0 Å². The largest absolute Gasteiger partial charge is 0.396 e. The summed E-state index contributed by atoms with van der Waals surface area (Å²) in [6, 6.07) is 0. The number of nitrogens with zero attached hydrogens (tertiary/aromatic N) is 3. The molecule has 7 heteroatoms. The van der Waals surface area contributed by atoms with Crippen molar-refractivity contribution in [2.45, 2.75) is 6.42 Å². The first-order valence-electron chi connectivity index (χ1n) is 4.04. The van der Waals surface area contributed by atoms with E-state index in [9.17, 15) is 0 Å². The number of anilines is 1. The molecule has 0 aliphatic carbocycles. The van der Waals surface area contributed by atoms with E-state index in [1.807, 2.05) is 0 Å². The van der Waals surface area contributed by atoms with Crippen molar-refractivity contribution in [2.24, 2.45) is 0 Å². The van der Waals surface area contributed by atoms with Gasteiger partial charge in [0.1, 0.15) is 11.4 Å². The molecule has 0 saturated carbocycles. The predicted molar refractivity (Wildman–Crippen MR) is 47.1 cm³/mol. The molecule has 2 aromatic heterocycles. The Morgan fingerprint density at radius 3 is 3.07 bits per heavy atom. The molecule has 2 aromatic rings. The second kappa shape index (κ2) is 3.46. The summed E-state index contributed by atoms with van der Waals surface area (Å²) < 4.78 is 4.93. The maximum atomic E-state index is 8.65. The summed E-state index contributed by atoms with van der Waals surface area (Å²) in [7, 11) is 0. The van der Waals surface area contributed by atoms with Crippen LogP contribution in [0.4, 0.5) is 5.82 Å². The van der Waals surface area contributed by atoms with Gasteiger partial charge in [0.15, 0.2) is 5.82 Å². The number of rotatable bonds is 3. The number of nitrogens with two attached hydrogens (primary N) is 1. The van der Waals surface area contributed by atoms with Gasteiger partial charge in [0.25, 0.3) is 5.89 Å². The fourth-order valence-electron chi connectivity index (χ4n) is 1.03. The average molecular weight is 195 g/mol. The van der Waals surface area contributed by atoms with Crippen molar-refractivity contribution in [3.63, 3.8) is 0 Å². The highest BCUT2D eigenvalue weighted by atomic mass is 16.5. The van der Waals surface area contributed by atoms with Crippen molar-refractivity contribution >= 4 is 5.82 Å². The van der Waals surface area contributed by atoms with Crippen molar-refractivity contribution in [3.8, 4) is 11.5 Å². The van der Waals surface area contributed by atoms with Crippen LogP contribution in [0, 0.1) is 0 Å². The van der Waals surface area contributed by atoms with Gasteiger partial charge in [-0.2, -0.15) is 10.1 Å². The van der Waals surface area contributed by atoms with Crippen LogP contribution in [0.1, 0.15) is 5.82 Å². The zero-order chi connectivity index (χ0) is 9.97. The zero-order valence-corrected chi connectivity index (χ0v) is 7.27. The van der Waals surface area contributed by atoms with Crippen LogP contribution in [0.15, 0.2) is 10.7 Å². The number of aromatic amines is 1. The van der Waals surface area contributed by atoms with E-state index >= 15 is 0 Å². The minimum absolute atomic E-state index is 0.0140. The van der Waals surface area contributed by atoms with Gasteiger partial charge < -0.3 is 15.4 Å². The van der Waals surface area contributed by atoms with Crippen LogP contribution in [0.2, 0.25) is 0 Å². The second-order valence-corrected chi connectivity index (χ2v) is 2.69. The first-order valence-corrected chi connectivity index (χ1v) is 4.04. The molecule has 2 rings (SSSR count). The smallest absolute Gasteiger partial charge is 0.263 e. The maximum absolute atomic E-state index is 8.65. The van der Waals surface area contributed by atoms with E-state index in [0.717, 1.165) is 0 Å². The minimum atomic E-state index is -0.0140. The monoisotopic (exact) mass is 195 g/mol. The van der Waals surface area contributed by atoms with Gasteiger partial charge in [-0.1, -0.05) is 5.16 Å². The van der Waals surface area contributed by atoms with Gasteiger partial charge >= 0.3 is 0 Å². The van der Waals surface area contributed by atoms with Crippen molar-refractivity contribution in [1.29, 1.82) is 0 Å². The second-order valence-electron chi connectivity index (χ2n) is 2.69. The minimum Gasteiger partial charge on any atom is -0.396 e. The lowest BCUT2D eigenvalue weighted by Crippen LogP contribution is -1.92. The Kier molecular flexibility index (Phi) is 2.15. The Balaban J connectivity index is 2.29. The number of aliphatic hydroxyl groups excluding tert-OH is 1. The van der Waals surface area contributed by atoms with Gasteiger partial charge in [0, 0.05) is 6.42 Å². The first-order chi connectivity index (χ1) is 6.81. The molecular weight excluding hydrogens is 186 g/mol. The van der Waals surface area contributed by atoms with Gasteiger partial charge in [-0.3, -0.25) is 5.10 Å². The van der Waals surface area contributed by atoms with E-state index in [1.165, 1.54) is 6.20 Å². The summed E-state index contributed by atoms with van der Waals surface area (Å²) in [5.41, 5.74) is 6.13. The Bertz CT molecular complexity index is 421. The summed E-state index contributed by atoms with van der Waals surface area (Å²) in [6.07, 6.45) is 1.87. The van der Waals surface area contributed by atoms with Crippen molar-refractivity contribution in [2.75, 3.05) is 12.3 Å². The first kappa shape index (κ1) is 8.70. The molecule has 0 radical (unpaired) electrons. The van der Waals surface area contributed by atoms with Crippen LogP contribution in [-0.4, -0.2) is 32.1 Å². The molecule has 0 aliphatic heterocycles. The molecule has 0 aromatic carbocycles. The van der Waals surface area contributed by atoms with Gasteiger partial charge in [-0.05, 0) is 0 Å². The van der Waals surface area contributed by atoms with E-state index in [2.05, 4.69) is 20.3 Å². The predicted octanol–water partition coefficient (Wildman–Crippen LogP) is -0.423. The molecule has 0 atom stereocenters. The van der Waals surface area contributed by atoms with Crippen LogP contribution in [0.3, 0.4) is 0 Å². The van der Waals surface area contributed by atoms with Gasteiger partial charge in [0.2, 0.25) is 0 Å². The average Bonchev–Trinajstić information content (AvgIpc) is 2.74. The summed E-state index contributed by atoms with van der Waals surface area (Å²) in [5.74, 6) is 1.13. The molecule has 0 fully saturated rings. The molecule has 0 unspecified atom stereocenters. The highest BCUT2D eigenvalue weighted by Crippen LogP contribution is 2.21. The Labute approximate surface area is 78.9 Å². The number of aliphatic hydroxyl groups is 1. The van der Waals surface area contributed by atoms with Crippen LogP contribution in [-0.2, 0) is 6.42 Å². The summed E-state index contributed by atoms with van der Waals surface area (Å²) in [4.78, 5) is 4.03. The third kappa shape index (κ3) is 1.44. The molecule has 0 saturated heterocycles. The van der Waals surface area contributed by atoms with Gasteiger partial charge in [0.05, 0.1) is 12.8 Å². The number of nitrogen functional groups attached to an aromatic ring is 1. The van der Waals surface area contributed by atoms with E-state index in [4.69, 9.17) is 15.4 Å². The topological polar surface area (TPSA) is 114 Å². The van der Waals surface area contributed by atoms with Gasteiger partial charge in [-0.25, -0.2) is 0 Å². The Hall–Kier alpha value is -1.89. The standard InChI is InChI=1S/C7H9N5O2/c8-6-4(3-9-11-6)7-10-5(1-2-13)12-14-7/h3,13H,1-2H2,(H3,8,9,11). The molecular formula is C7H9N5O2. The summed E-state index contributed by atoms with van der Waals surface area (Å²) in [6.45, 7) is -0.0140. The molecule has 14 heavy (non-hydrogen) atoms. The normalized spacial score (nSPS) is 10.6. The highest BCUT2D eigenvalue weighted by molar-refractivity contribution is 5.65. The van der Waals surface area contributed by atoms with Crippen molar-refractivity contribution < 1.29 is 9.63 Å². The fraction of sp³-hybridized carbons (Fsp3) is 0.286. The third-order valence-electron chi connectivity index (χ3n) is 1.70. The number of H-pyrrole nitrogens is 1. The lowest BCUT2D eigenvalue weighted by Gasteiger charge is -1.87. The Morgan fingerprint density at radius 1 is 1.57 bits per heavy atom. The molecule has 0 spiro atoms. The van der Waals surface area contributed by atoms with Crippen LogP contribution < -0.4 is 5.73 Å². The molecule has 4 N–H and O–H groups in total. The quantitative estimate of drug-likeness (QED) is 0.612. The van der Waals surface area contributed by atoms with Crippen molar-refractivity contribution in [3.05, 3.63) is 12.0 Å². The number of hydrogen-bond acceptors (Lipinski definition) is 6. The fourth-order valence-corrected chi connectivity index (χ4v) is 1.03. The highest BCUT2D eigenvalue weighted by Gasteiger charge is 2.12. The van der Waals surface area contributed by atoms with Crippen molar-refractivity contribution in [1.82, 2.24) is 20.3 Å².